The molecule has 2 aliphatic rings. The fourth-order valence-electron chi connectivity index (χ4n) is 4.57. The van der Waals surface area contributed by atoms with Gasteiger partial charge in [-0.3, -0.25) is 0 Å². The summed E-state index contributed by atoms with van der Waals surface area (Å²) in [6, 6.07) is 2.27. The van der Waals surface area contributed by atoms with Gasteiger partial charge in [0.25, 0.3) is 0 Å². The van der Waals surface area contributed by atoms with Crippen LogP contribution in [0.1, 0.15) is 62.8 Å². The van der Waals surface area contributed by atoms with Gasteiger partial charge in [0.1, 0.15) is 0 Å². The minimum absolute atomic E-state index is 0.0268. The van der Waals surface area contributed by atoms with Crippen LogP contribution in [0.5, 0.6) is 5.75 Å². The lowest BCUT2D eigenvalue weighted by molar-refractivity contribution is -0.276. The van der Waals surface area contributed by atoms with Crippen molar-refractivity contribution in [2.75, 3.05) is 0 Å². The summed E-state index contributed by atoms with van der Waals surface area (Å²) in [6.07, 6.45) is 2.83. The van der Waals surface area contributed by atoms with Crippen molar-refractivity contribution in [1.82, 2.24) is 0 Å². The largest absolute Gasteiger partial charge is 0.573 e. The SMILES string of the molecule is NC1CCC(C2CCC(c3cc(F)c(OC(F)(F)F)c(F)c3)CC2)CC1. The molecule has 2 N–H and O–H groups in total. The molecule has 146 valence electrons. The molecular formula is C19H24F5NO. The number of alkyl halides is 3. The molecule has 0 saturated heterocycles. The standard InChI is InChI=1S/C19H24F5NO/c20-16-9-14(10-17(21)18(16)26-19(22,23)24)13-3-1-11(2-4-13)12-5-7-15(25)8-6-12/h9-13,15H,1-8,25H2. The summed E-state index contributed by atoms with van der Waals surface area (Å²) in [6.45, 7) is 0. The number of hydrogen-bond acceptors (Lipinski definition) is 2. The molecule has 2 saturated carbocycles. The van der Waals surface area contributed by atoms with E-state index in [1.54, 1.807) is 0 Å². The highest BCUT2D eigenvalue weighted by molar-refractivity contribution is 5.33. The van der Waals surface area contributed by atoms with Gasteiger partial charge in [0.15, 0.2) is 11.6 Å². The number of nitrogens with two attached hydrogens (primary N) is 1. The predicted molar refractivity (Wildman–Crippen MR) is 87.7 cm³/mol. The zero-order valence-electron chi connectivity index (χ0n) is 14.5. The Morgan fingerprint density at radius 2 is 1.27 bits per heavy atom. The van der Waals surface area contributed by atoms with E-state index in [0.29, 0.717) is 23.4 Å². The van der Waals surface area contributed by atoms with Crippen LogP contribution in [0.25, 0.3) is 0 Å². The predicted octanol–water partition coefficient (Wildman–Crippen LogP) is 5.65. The van der Waals surface area contributed by atoms with Crippen molar-refractivity contribution in [3.8, 4) is 5.75 Å². The highest BCUT2D eigenvalue weighted by Gasteiger charge is 2.35. The van der Waals surface area contributed by atoms with Crippen molar-refractivity contribution in [3.05, 3.63) is 29.3 Å². The summed E-state index contributed by atoms with van der Waals surface area (Å²) in [5.74, 6) is -2.73. The van der Waals surface area contributed by atoms with Crippen LogP contribution in [-0.4, -0.2) is 12.4 Å². The molecule has 0 atom stereocenters. The van der Waals surface area contributed by atoms with Crippen molar-refractivity contribution in [1.29, 1.82) is 0 Å². The lowest BCUT2D eigenvalue weighted by Crippen LogP contribution is -2.31. The molecule has 1 aromatic rings. The van der Waals surface area contributed by atoms with Gasteiger partial charge in [-0.1, -0.05) is 0 Å². The molecule has 3 rings (SSSR count). The summed E-state index contributed by atoms with van der Waals surface area (Å²) in [5.41, 5.74) is 6.37. The van der Waals surface area contributed by atoms with E-state index in [0.717, 1.165) is 63.5 Å². The quantitative estimate of drug-likeness (QED) is 0.691. The molecule has 0 aromatic heterocycles. The first-order valence-electron chi connectivity index (χ1n) is 9.23. The van der Waals surface area contributed by atoms with Crippen molar-refractivity contribution < 1.29 is 26.7 Å². The molecule has 2 nitrogen and oxygen atoms in total. The van der Waals surface area contributed by atoms with Gasteiger partial charge in [0.2, 0.25) is 5.75 Å². The summed E-state index contributed by atoms with van der Waals surface area (Å²) >= 11 is 0. The number of hydrogen-bond donors (Lipinski definition) is 1. The lowest BCUT2D eigenvalue weighted by atomic mass is 9.69. The van der Waals surface area contributed by atoms with Crippen LogP contribution in [0, 0.1) is 23.5 Å². The van der Waals surface area contributed by atoms with E-state index in [9.17, 15) is 22.0 Å². The van der Waals surface area contributed by atoms with Crippen LogP contribution < -0.4 is 10.5 Å². The average Bonchev–Trinajstić information content (AvgIpc) is 2.58. The molecule has 0 amide bonds. The zero-order valence-corrected chi connectivity index (χ0v) is 14.5. The van der Waals surface area contributed by atoms with E-state index in [-0.39, 0.29) is 5.92 Å². The van der Waals surface area contributed by atoms with Gasteiger partial charge in [-0.25, -0.2) is 8.78 Å². The van der Waals surface area contributed by atoms with Gasteiger partial charge >= 0.3 is 6.36 Å². The summed E-state index contributed by atoms with van der Waals surface area (Å²) in [5, 5.41) is 0. The van der Waals surface area contributed by atoms with Gasteiger partial charge in [-0.15, -0.1) is 13.2 Å². The maximum Gasteiger partial charge on any atom is 0.573 e. The lowest BCUT2D eigenvalue weighted by Gasteiger charge is -2.37. The molecule has 1 aromatic carbocycles. The fraction of sp³-hybridized carbons (Fsp3) is 0.684. The smallest absolute Gasteiger partial charge is 0.399 e. The van der Waals surface area contributed by atoms with Gasteiger partial charge in [-0.05, 0) is 86.8 Å². The molecule has 0 unspecified atom stereocenters. The Bertz CT molecular complexity index is 594. The van der Waals surface area contributed by atoms with Gasteiger partial charge in [0, 0.05) is 6.04 Å². The second kappa shape index (κ2) is 7.71. The molecule has 0 radical (unpaired) electrons. The third-order valence-electron chi connectivity index (χ3n) is 5.96. The topological polar surface area (TPSA) is 35.2 Å². The first kappa shape index (κ1) is 19.4. The summed E-state index contributed by atoms with van der Waals surface area (Å²) < 4.78 is 68.0. The number of ether oxygens (including phenoxy) is 1. The Morgan fingerprint density at radius 1 is 0.808 bits per heavy atom. The molecular weight excluding hydrogens is 353 g/mol. The Balaban J connectivity index is 1.62. The third-order valence-corrected chi connectivity index (χ3v) is 5.96. The van der Waals surface area contributed by atoms with Crippen LogP contribution in [0.4, 0.5) is 22.0 Å². The second-order valence-electron chi connectivity index (χ2n) is 7.65. The molecule has 26 heavy (non-hydrogen) atoms. The highest BCUT2D eigenvalue weighted by atomic mass is 19.4. The molecule has 0 aliphatic heterocycles. The molecule has 0 heterocycles. The summed E-state index contributed by atoms with van der Waals surface area (Å²) in [4.78, 5) is 0. The van der Waals surface area contributed by atoms with E-state index in [1.807, 2.05) is 0 Å². The third kappa shape index (κ3) is 4.67. The maximum absolute atomic E-state index is 13.9. The molecule has 2 aliphatic carbocycles. The van der Waals surface area contributed by atoms with Crippen molar-refractivity contribution in [2.24, 2.45) is 17.6 Å². The Labute approximate surface area is 149 Å². The van der Waals surface area contributed by atoms with Crippen molar-refractivity contribution in [2.45, 2.75) is 69.7 Å². The highest BCUT2D eigenvalue weighted by Crippen LogP contribution is 2.43. The minimum atomic E-state index is -5.12. The first-order valence-corrected chi connectivity index (χ1v) is 9.23. The Kier molecular flexibility index (Phi) is 5.75. The fourth-order valence-corrected chi connectivity index (χ4v) is 4.57. The van der Waals surface area contributed by atoms with Crippen LogP contribution in [0.2, 0.25) is 0 Å². The van der Waals surface area contributed by atoms with Gasteiger partial charge < -0.3 is 10.5 Å². The van der Waals surface area contributed by atoms with E-state index in [2.05, 4.69) is 4.74 Å². The van der Waals surface area contributed by atoms with Crippen LogP contribution in [-0.2, 0) is 0 Å². The van der Waals surface area contributed by atoms with Crippen LogP contribution >= 0.6 is 0 Å². The second-order valence-corrected chi connectivity index (χ2v) is 7.65. The first-order chi connectivity index (χ1) is 12.2. The molecule has 2 fully saturated rings. The van der Waals surface area contributed by atoms with E-state index < -0.39 is 23.7 Å². The number of benzene rings is 1. The maximum atomic E-state index is 13.9. The van der Waals surface area contributed by atoms with E-state index >= 15 is 0 Å². The minimum Gasteiger partial charge on any atom is -0.399 e. The summed E-state index contributed by atoms with van der Waals surface area (Å²) in [7, 11) is 0. The molecule has 0 bridgehead atoms. The van der Waals surface area contributed by atoms with Crippen molar-refractivity contribution >= 4 is 0 Å². The Hall–Kier alpha value is -1.37. The Morgan fingerprint density at radius 3 is 1.73 bits per heavy atom. The average molecular weight is 377 g/mol. The van der Waals surface area contributed by atoms with E-state index in [4.69, 9.17) is 5.73 Å². The molecule has 7 heteroatoms. The van der Waals surface area contributed by atoms with Crippen molar-refractivity contribution in [3.63, 3.8) is 0 Å². The number of halogens is 5. The van der Waals surface area contributed by atoms with Crippen LogP contribution in [0.3, 0.4) is 0 Å². The normalized spacial score (nSPS) is 30.2. The van der Waals surface area contributed by atoms with Gasteiger partial charge in [0.05, 0.1) is 0 Å². The zero-order chi connectivity index (χ0) is 18.9. The van der Waals surface area contributed by atoms with Crippen LogP contribution in [0.15, 0.2) is 12.1 Å². The monoisotopic (exact) mass is 377 g/mol. The van der Waals surface area contributed by atoms with Gasteiger partial charge in [-0.2, -0.15) is 0 Å². The van der Waals surface area contributed by atoms with E-state index in [1.165, 1.54) is 0 Å². The number of rotatable bonds is 3. The molecule has 0 spiro atoms.